The summed E-state index contributed by atoms with van der Waals surface area (Å²) in [7, 11) is 0. The van der Waals surface area contributed by atoms with Gasteiger partial charge < -0.3 is 0 Å². The Morgan fingerprint density at radius 1 is 0.923 bits per heavy atom. The summed E-state index contributed by atoms with van der Waals surface area (Å²) in [5.41, 5.74) is 3.38. The summed E-state index contributed by atoms with van der Waals surface area (Å²) < 4.78 is 14.6. The number of hydrogen-bond donors (Lipinski definition) is 0. The van der Waals surface area contributed by atoms with Gasteiger partial charge in [-0.05, 0) is 54.9 Å². The zero-order valence-electron chi connectivity index (χ0n) is 16.2. The molecule has 1 aromatic carbocycles. The Balaban J connectivity index is 1.59. The summed E-state index contributed by atoms with van der Waals surface area (Å²) in [5, 5.41) is 8.49. The van der Waals surface area contributed by atoms with Gasteiger partial charge in [0.2, 0.25) is 0 Å². The molecular formula is C23H31FN2. The lowest BCUT2D eigenvalue weighted by molar-refractivity contribution is 0.258. The maximum Gasteiger partial charge on any atom is 0.127 e. The molecule has 1 aromatic heterocycles. The largest absolute Gasteiger partial charge is 0.207 e. The number of rotatable bonds is 7. The third kappa shape index (κ3) is 4.90. The molecule has 0 saturated heterocycles. The van der Waals surface area contributed by atoms with Crippen LogP contribution in [0.2, 0.25) is 0 Å². The van der Waals surface area contributed by atoms with Crippen LogP contribution in [0.5, 0.6) is 0 Å². The van der Waals surface area contributed by atoms with Crippen LogP contribution in [-0.2, 0) is 12.8 Å². The van der Waals surface area contributed by atoms with Crippen LogP contribution in [0.15, 0.2) is 30.3 Å². The van der Waals surface area contributed by atoms with Gasteiger partial charge in [0.25, 0.3) is 0 Å². The Labute approximate surface area is 157 Å². The first kappa shape index (κ1) is 19.0. The summed E-state index contributed by atoms with van der Waals surface area (Å²) in [6.07, 6.45) is 10.6. The van der Waals surface area contributed by atoms with Crippen LogP contribution in [-0.4, -0.2) is 10.2 Å². The molecule has 0 spiro atoms. The fourth-order valence-electron chi connectivity index (χ4n) is 4.10. The minimum Gasteiger partial charge on any atom is -0.207 e. The number of halogens is 1. The normalized spacial score (nSPS) is 20.3. The van der Waals surface area contributed by atoms with E-state index in [2.05, 4.69) is 24.0 Å². The van der Waals surface area contributed by atoms with E-state index in [1.54, 1.807) is 6.07 Å². The van der Waals surface area contributed by atoms with Gasteiger partial charge in [0, 0.05) is 5.56 Å². The fraction of sp³-hybridized carbons (Fsp3) is 0.565. The molecular weight excluding hydrogens is 323 g/mol. The molecule has 0 aliphatic heterocycles. The fourth-order valence-corrected chi connectivity index (χ4v) is 4.10. The summed E-state index contributed by atoms with van der Waals surface area (Å²) in [4.78, 5) is 0. The van der Waals surface area contributed by atoms with E-state index in [1.165, 1.54) is 32.1 Å². The van der Waals surface area contributed by atoms with E-state index >= 15 is 0 Å². The second-order valence-electron chi connectivity index (χ2n) is 7.80. The molecule has 0 N–H and O–H groups in total. The number of hydrogen-bond acceptors (Lipinski definition) is 2. The van der Waals surface area contributed by atoms with E-state index in [0.29, 0.717) is 0 Å². The molecule has 140 valence electrons. The molecule has 0 atom stereocenters. The van der Waals surface area contributed by atoms with E-state index < -0.39 is 0 Å². The minimum absolute atomic E-state index is 0.107. The quantitative estimate of drug-likeness (QED) is 0.576. The van der Waals surface area contributed by atoms with Gasteiger partial charge in [0.05, 0.1) is 11.4 Å². The SMILES string of the molecule is CCCc1ccc(-c2ccc(CCC3CCC(CC)CC3)c(F)c2)nn1. The molecule has 2 aromatic rings. The minimum atomic E-state index is -0.107. The Bertz CT molecular complexity index is 688. The zero-order valence-corrected chi connectivity index (χ0v) is 16.2. The molecule has 1 heterocycles. The lowest BCUT2D eigenvalue weighted by atomic mass is 9.78. The lowest BCUT2D eigenvalue weighted by Crippen LogP contribution is -2.14. The van der Waals surface area contributed by atoms with Crippen LogP contribution < -0.4 is 0 Å². The molecule has 3 heteroatoms. The van der Waals surface area contributed by atoms with Crippen molar-refractivity contribution in [3.8, 4) is 11.3 Å². The molecule has 1 aliphatic carbocycles. The average molecular weight is 355 g/mol. The predicted molar refractivity (Wildman–Crippen MR) is 105 cm³/mol. The highest BCUT2D eigenvalue weighted by Gasteiger charge is 2.20. The maximum atomic E-state index is 14.6. The topological polar surface area (TPSA) is 25.8 Å². The third-order valence-corrected chi connectivity index (χ3v) is 5.94. The van der Waals surface area contributed by atoms with Crippen molar-refractivity contribution < 1.29 is 4.39 Å². The van der Waals surface area contributed by atoms with E-state index in [0.717, 1.165) is 60.0 Å². The van der Waals surface area contributed by atoms with Crippen molar-refractivity contribution in [1.82, 2.24) is 10.2 Å². The third-order valence-electron chi connectivity index (χ3n) is 5.94. The van der Waals surface area contributed by atoms with Crippen molar-refractivity contribution in [2.45, 2.75) is 71.6 Å². The molecule has 1 fully saturated rings. The Morgan fingerprint density at radius 3 is 2.31 bits per heavy atom. The van der Waals surface area contributed by atoms with Gasteiger partial charge in [0.1, 0.15) is 5.82 Å². The Hall–Kier alpha value is -1.77. The van der Waals surface area contributed by atoms with Crippen molar-refractivity contribution in [3.63, 3.8) is 0 Å². The van der Waals surface area contributed by atoms with E-state index in [1.807, 2.05) is 24.3 Å². The van der Waals surface area contributed by atoms with Gasteiger partial charge in [-0.3, -0.25) is 0 Å². The maximum absolute atomic E-state index is 14.6. The second-order valence-corrected chi connectivity index (χ2v) is 7.80. The number of nitrogens with zero attached hydrogens (tertiary/aromatic N) is 2. The average Bonchev–Trinajstić information content (AvgIpc) is 2.68. The molecule has 0 amide bonds. The van der Waals surface area contributed by atoms with Crippen LogP contribution in [0.3, 0.4) is 0 Å². The molecule has 26 heavy (non-hydrogen) atoms. The Kier molecular flexibility index (Phi) is 6.76. The first-order valence-electron chi connectivity index (χ1n) is 10.3. The number of aromatic nitrogens is 2. The molecule has 1 saturated carbocycles. The number of benzene rings is 1. The van der Waals surface area contributed by atoms with E-state index in [-0.39, 0.29) is 5.82 Å². The van der Waals surface area contributed by atoms with Crippen molar-refractivity contribution in [2.75, 3.05) is 0 Å². The molecule has 2 nitrogen and oxygen atoms in total. The molecule has 0 unspecified atom stereocenters. The van der Waals surface area contributed by atoms with Crippen LogP contribution in [0.25, 0.3) is 11.3 Å². The van der Waals surface area contributed by atoms with Crippen molar-refractivity contribution in [3.05, 3.63) is 47.4 Å². The van der Waals surface area contributed by atoms with E-state index in [9.17, 15) is 4.39 Å². The highest BCUT2D eigenvalue weighted by Crippen LogP contribution is 2.33. The standard InChI is InChI=1S/C23H31FN2/c1-3-5-21-14-15-23(26-25-21)20-13-12-19(22(24)16-20)11-10-18-8-6-17(4-2)7-9-18/h12-18H,3-11H2,1-2H3. The summed E-state index contributed by atoms with van der Waals surface area (Å²) in [5.74, 6) is 1.59. The van der Waals surface area contributed by atoms with Crippen molar-refractivity contribution in [2.24, 2.45) is 11.8 Å². The summed E-state index contributed by atoms with van der Waals surface area (Å²) >= 11 is 0. The van der Waals surface area contributed by atoms with Crippen molar-refractivity contribution >= 4 is 0 Å². The molecule has 0 radical (unpaired) electrons. The van der Waals surface area contributed by atoms with Crippen LogP contribution in [0.1, 0.15) is 70.1 Å². The highest BCUT2D eigenvalue weighted by molar-refractivity contribution is 5.59. The number of aryl methyl sites for hydroxylation is 2. The molecule has 3 rings (SSSR count). The first-order chi connectivity index (χ1) is 12.7. The van der Waals surface area contributed by atoms with Gasteiger partial charge in [-0.2, -0.15) is 10.2 Å². The van der Waals surface area contributed by atoms with E-state index in [4.69, 9.17) is 0 Å². The van der Waals surface area contributed by atoms with Gasteiger partial charge in [0.15, 0.2) is 0 Å². The molecule has 0 bridgehead atoms. The van der Waals surface area contributed by atoms with Gasteiger partial charge in [-0.15, -0.1) is 0 Å². The van der Waals surface area contributed by atoms with Crippen LogP contribution in [0, 0.1) is 17.7 Å². The first-order valence-corrected chi connectivity index (χ1v) is 10.3. The van der Waals surface area contributed by atoms with Crippen molar-refractivity contribution in [1.29, 1.82) is 0 Å². The van der Waals surface area contributed by atoms with Gasteiger partial charge in [-0.25, -0.2) is 4.39 Å². The van der Waals surface area contributed by atoms with Crippen LogP contribution in [0.4, 0.5) is 4.39 Å². The summed E-state index contributed by atoms with van der Waals surface area (Å²) in [6, 6.07) is 9.47. The predicted octanol–water partition coefficient (Wildman–Crippen LogP) is 6.38. The molecule has 1 aliphatic rings. The Morgan fingerprint density at radius 2 is 1.69 bits per heavy atom. The van der Waals surface area contributed by atoms with Crippen LogP contribution >= 0.6 is 0 Å². The lowest BCUT2D eigenvalue weighted by Gasteiger charge is -2.27. The monoisotopic (exact) mass is 354 g/mol. The van der Waals surface area contributed by atoms with Gasteiger partial charge >= 0.3 is 0 Å². The summed E-state index contributed by atoms with van der Waals surface area (Å²) in [6.45, 7) is 4.42. The second kappa shape index (κ2) is 9.25. The smallest absolute Gasteiger partial charge is 0.127 e. The highest BCUT2D eigenvalue weighted by atomic mass is 19.1. The zero-order chi connectivity index (χ0) is 18.4. The van der Waals surface area contributed by atoms with Gasteiger partial charge in [-0.1, -0.05) is 64.5 Å².